The number of fused-ring (bicyclic) bond motifs is 1. The van der Waals surface area contributed by atoms with Crippen molar-refractivity contribution in [3.8, 4) is 17.2 Å². The summed E-state index contributed by atoms with van der Waals surface area (Å²) in [4.78, 5) is 27.5. The molecule has 1 atom stereocenters. The van der Waals surface area contributed by atoms with Crippen LogP contribution in [-0.2, 0) is 20.7 Å². The highest BCUT2D eigenvalue weighted by Crippen LogP contribution is 2.42. The summed E-state index contributed by atoms with van der Waals surface area (Å²) in [6, 6.07) is 9.68. The van der Waals surface area contributed by atoms with Gasteiger partial charge in [0, 0.05) is 19.2 Å². The van der Waals surface area contributed by atoms with Crippen LogP contribution in [0.4, 0.5) is 0 Å². The summed E-state index contributed by atoms with van der Waals surface area (Å²) >= 11 is 0. The van der Waals surface area contributed by atoms with E-state index < -0.39 is 17.7 Å². The maximum Gasteiger partial charge on any atom is 0.295 e. The number of ketones is 1. The van der Waals surface area contributed by atoms with Gasteiger partial charge in [-0.3, -0.25) is 9.59 Å². The Hall–Kier alpha value is -3.52. The molecule has 174 valence electrons. The van der Waals surface area contributed by atoms with Crippen molar-refractivity contribution in [2.75, 3.05) is 41.1 Å². The predicted molar refractivity (Wildman–Crippen MR) is 121 cm³/mol. The first kappa shape index (κ1) is 22.7. The number of likely N-dealkylation sites (tertiary alicyclic amines) is 1. The van der Waals surface area contributed by atoms with Gasteiger partial charge in [-0.05, 0) is 54.3 Å². The lowest BCUT2D eigenvalue weighted by molar-refractivity contribution is -0.140. The Labute approximate surface area is 192 Å². The molecular formula is C25H27NO7. The SMILES string of the molecule is COCCN1C(=O)C(=O)/C(=C(/O)c2ccc3c(c2)CCCO3)C1c1ccc(OC)c(OC)c1. The number of carbonyl (C=O) groups is 2. The number of carbonyl (C=O) groups excluding carboxylic acids is 2. The van der Waals surface area contributed by atoms with E-state index in [0.717, 1.165) is 24.2 Å². The molecule has 2 aliphatic heterocycles. The fourth-order valence-electron chi connectivity index (χ4n) is 4.33. The van der Waals surface area contributed by atoms with E-state index in [0.29, 0.717) is 29.2 Å². The van der Waals surface area contributed by atoms with Crippen LogP contribution in [0.5, 0.6) is 17.2 Å². The fraction of sp³-hybridized carbons (Fsp3) is 0.360. The van der Waals surface area contributed by atoms with Gasteiger partial charge in [-0.15, -0.1) is 0 Å². The van der Waals surface area contributed by atoms with E-state index in [1.54, 1.807) is 30.3 Å². The van der Waals surface area contributed by atoms with Crippen molar-refractivity contribution in [1.29, 1.82) is 0 Å². The monoisotopic (exact) mass is 453 g/mol. The summed E-state index contributed by atoms with van der Waals surface area (Å²) in [5.41, 5.74) is 2.07. The molecule has 1 saturated heterocycles. The molecule has 2 aromatic carbocycles. The molecule has 0 spiro atoms. The van der Waals surface area contributed by atoms with Crippen molar-refractivity contribution in [3.63, 3.8) is 0 Å². The number of aryl methyl sites for hydroxylation is 1. The molecule has 1 fully saturated rings. The third kappa shape index (κ3) is 4.14. The predicted octanol–water partition coefficient (Wildman–Crippen LogP) is 3.10. The summed E-state index contributed by atoms with van der Waals surface area (Å²) in [5.74, 6) is 0.103. The number of rotatable bonds is 7. The lowest BCUT2D eigenvalue weighted by atomic mass is 9.93. The molecule has 0 bridgehead atoms. The van der Waals surface area contributed by atoms with Crippen LogP contribution >= 0.6 is 0 Å². The van der Waals surface area contributed by atoms with E-state index in [2.05, 4.69) is 0 Å². The average molecular weight is 453 g/mol. The first-order chi connectivity index (χ1) is 16.0. The molecule has 33 heavy (non-hydrogen) atoms. The largest absolute Gasteiger partial charge is 0.507 e. The van der Waals surface area contributed by atoms with Crippen LogP contribution in [0, 0.1) is 0 Å². The van der Waals surface area contributed by atoms with Gasteiger partial charge >= 0.3 is 0 Å². The summed E-state index contributed by atoms with van der Waals surface area (Å²) in [6.45, 7) is 1.09. The van der Waals surface area contributed by atoms with E-state index in [4.69, 9.17) is 18.9 Å². The number of hydrogen-bond donors (Lipinski definition) is 1. The van der Waals surface area contributed by atoms with Crippen molar-refractivity contribution < 1.29 is 33.6 Å². The van der Waals surface area contributed by atoms with E-state index in [-0.39, 0.29) is 24.5 Å². The zero-order valence-corrected chi connectivity index (χ0v) is 18.9. The number of amides is 1. The number of nitrogens with zero attached hydrogens (tertiary/aromatic N) is 1. The Morgan fingerprint density at radius 2 is 1.88 bits per heavy atom. The minimum absolute atomic E-state index is 0.0278. The quantitative estimate of drug-likeness (QED) is 0.391. The molecule has 2 aliphatic rings. The number of aliphatic hydroxyl groups excluding tert-OH is 1. The molecule has 0 radical (unpaired) electrons. The van der Waals surface area contributed by atoms with Gasteiger partial charge in [-0.25, -0.2) is 0 Å². The van der Waals surface area contributed by atoms with Crippen molar-refractivity contribution in [3.05, 3.63) is 58.7 Å². The van der Waals surface area contributed by atoms with Gasteiger partial charge in [-0.2, -0.15) is 0 Å². The molecule has 0 aliphatic carbocycles. The van der Waals surface area contributed by atoms with Gasteiger partial charge < -0.3 is 29.0 Å². The molecular weight excluding hydrogens is 426 g/mol. The topological polar surface area (TPSA) is 94.5 Å². The normalized spacial score (nSPS) is 19.2. The standard InChI is InChI=1S/C25H27NO7/c1-30-12-10-26-22(16-6-9-19(31-2)20(14-16)32-3)21(24(28)25(26)29)23(27)17-7-8-18-15(13-17)5-4-11-33-18/h6-9,13-14,22,27H,4-5,10-12H2,1-3H3/b23-21+. The number of ether oxygens (including phenoxy) is 4. The van der Waals surface area contributed by atoms with Crippen LogP contribution in [0.1, 0.15) is 29.2 Å². The van der Waals surface area contributed by atoms with E-state index in [1.165, 1.54) is 26.2 Å². The van der Waals surface area contributed by atoms with Crippen LogP contribution in [-0.4, -0.2) is 62.8 Å². The second-order valence-corrected chi connectivity index (χ2v) is 7.87. The highest BCUT2D eigenvalue weighted by molar-refractivity contribution is 6.46. The summed E-state index contributed by atoms with van der Waals surface area (Å²) < 4.78 is 21.5. The Balaban J connectivity index is 1.85. The number of methoxy groups -OCH3 is 3. The maximum absolute atomic E-state index is 13.1. The van der Waals surface area contributed by atoms with E-state index in [1.807, 2.05) is 6.07 Å². The zero-order chi connectivity index (χ0) is 23.5. The molecule has 2 heterocycles. The van der Waals surface area contributed by atoms with Gasteiger partial charge in [0.1, 0.15) is 11.5 Å². The molecule has 8 heteroatoms. The van der Waals surface area contributed by atoms with Gasteiger partial charge in [0.05, 0.1) is 39.0 Å². The lowest BCUT2D eigenvalue weighted by Crippen LogP contribution is -2.32. The van der Waals surface area contributed by atoms with Gasteiger partial charge in [0.15, 0.2) is 11.5 Å². The average Bonchev–Trinajstić information content (AvgIpc) is 3.11. The number of benzene rings is 2. The molecule has 0 aromatic heterocycles. The fourth-order valence-corrected chi connectivity index (χ4v) is 4.33. The van der Waals surface area contributed by atoms with E-state index in [9.17, 15) is 14.7 Å². The third-order valence-corrected chi connectivity index (χ3v) is 5.98. The Kier molecular flexibility index (Phi) is 6.55. The highest BCUT2D eigenvalue weighted by atomic mass is 16.5. The molecule has 8 nitrogen and oxygen atoms in total. The zero-order valence-electron chi connectivity index (χ0n) is 18.9. The lowest BCUT2D eigenvalue weighted by Gasteiger charge is -2.26. The second-order valence-electron chi connectivity index (χ2n) is 7.87. The van der Waals surface area contributed by atoms with Gasteiger partial charge in [0.25, 0.3) is 11.7 Å². The third-order valence-electron chi connectivity index (χ3n) is 5.98. The molecule has 2 aromatic rings. The number of aliphatic hydroxyl groups is 1. The van der Waals surface area contributed by atoms with Crippen molar-refractivity contribution in [1.82, 2.24) is 4.90 Å². The van der Waals surface area contributed by atoms with E-state index >= 15 is 0 Å². The van der Waals surface area contributed by atoms with Crippen LogP contribution in [0.25, 0.3) is 5.76 Å². The van der Waals surface area contributed by atoms with Gasteiger partial charge in [0.2, 0.25) is 0 Å². The summed E-state index contributed by atoms with van der Waals surface area (Å²) in [6.07, 6.45) is 1.70. The molecule has 1 unspecified atom stereocenters. The van der Waals surface area contributed by atoms with Crippen molar-refractivity contribution >= 4 is 17.4 Å². The van der Waals surface area contributed by atoms with Crippen molar-refractivity contribution in [2.45, 2.75) is 18.9 Å². The number of Topliss-reactive ketones (excluding diaryl/α,β-unsaturated/α-hetero) is 1. The number of hydrogen-bond acceptors (Lipinski definition) is 7. The van der Waals surface area contributed by atoms with Crippen molar-refractivity contribution in [2.24, 2.45) is 0 Å². The summed E-state index contributed by atoms with van der Waals surface area (Å²) in [5, 5.41) is 11.3. The van der Waals surface area contributed by atoms with Crippen LogP contribution < -0.4 is 14.2 Å². The Morgan fingerprint density at radius 1 is 1.09 bits per heavy atom. The molecule has 1 amide bonds. The highest BCUT2D eigenvalue weighted by Gasteiger charge is 2.46. The maximum atomic E-state index is 13.1. The van der Waals surface area contributed by atoms with Gasteiger partial charge in [-0.1, -0.05) is 6.07 Å². The summed E-state index contributed by atoms with van der Waals surface area (Å²) in [7, 11) is 4.57. The Bertz CT molecular complexity index is 1110. The minimum atomic E-state index is -0.799. The first-order valence-corrected chi connectivity index (χ1v) is 10.8. The Morgan fingerprint density at radius 3 is 2.61 bits per heavy atom. The molecule has 4 rings (SSSR count). The smallest absolute Gasteiger partial charge is 0.295 e. The van der Waals surface area contributed by atoms with Crippen LogP contribution in [0.2, 0.25) is 0 Å². The molecule has 0 saturated carbocycles. The molecule has 1 N–H and O–H groups in total. The van der Waals surface area contributed by atoms with Crippen LogP contribution in [0.3, 0.4) is 0 Å². The van der Waals surface area contributed by atoms with Crippen LogP contribution in [0.15, 0.2) is 42.0 Å². The second kappa shape index (κ2) is 9.54. The minimum Gasteiger partial charge on any atom is -0.507 e. The first-order valence-electron chi connectivity index (χ1n) is 10.8.